The van der Waals surface area contributed by atoms with Crippen molar-refractivity contribution in [2.24, 2.45) is 15.9 Å². The van der Waals surface area contributed by atoms with Crippen LogP contribution in [0.2, 0.25) is 0 Å². The summed E-state index contributed by atoms with van der Waals surface area (Å²) in [6, 6.07) is 7.64. The average Bonchev–Trinajstić information content (AvgIpc) is 2.86. The quantitative estimate of drug-likeness (QED) is 0.192. The summed E-state index contributed by atoms with van der Waals surface area (Å²) < 4.78 is 5.93. The van der Waals surface area contributed by atoms with Gasteiger partial charge in [0.05, 0.1) is 18.0 Å². The Bertz CT molecular complexity index is 1180. The number of amides is 2. The summed E-state index contributed by atoms with van der Waals surface area (Å²) in [6.45, 7) is 19.1. The smallest absolute Gasteiger partial charge is 0.320 e. The number of aromatic nitrogens is 1. The van der Waals surface area contributed by atoms with Crippen LogP contribution in [0.3, 0.4) is 0 Å². The van der Waals surface area contributed by atoms with Crippen molar-refractivity contribution in [2.45, 2.75) is 61.3 Å². The van der Waals surface area contributed by atoms with Crippen LogP contribution in [0.4, 0.5) is 10.5 Å². The van der Waals surface area contributed by atoms with Gasteiger partial charge in [-0.15, -0.1) is 0 Å². The number of hydrogen-bond acceptors (Lipinski definition) is 5. The van der Waals surface area contributed by atoms with E-state index in [-0.39, 0.29) is 11.9 Å². The van der Waals surface area contributed by atoms with E-state index in [0.29, 0.717) is 19.0 Å². The van der Waals surface area contributed by atoms with Crippen LogP contribution in [0, 0.1) is 12.8 Å². The van der Waals surface area contributed by atoms with E-state index in [1.165, 1.54) is 0 Å². The van der Waals surface area contributed by atoms with Gasteiger partial charge in [0.2, 0.25) is 0 Å². The van der Waals surface area contributed by atoms with Crippen LogP contribution < -0.4 is 15.4 Å². The Morgan fingerprint density at radius 3 is 2.65 bits per heavy atom. The Balaban J connectivity index is 2.61. The van der Waals surface area contributed by atoms with Gasteiger partial charge in [0.25, 0.3) is 0 Å². The largest absolute Gasteiger partial charge is 0.493 e. The summed E-state index contributed by atoms with van der Waals surface area (Å²) in [7, 11) is 0. The van der Waals surface area contributed by atoms with Gasteiger partial charge in [-0.1, -0.05) is 39.8 Å². The molecule has 0 saturated carbocycles. The number of carbonyl (C=O) groups is 1. The number of urea groups is 1. The van der Waals surface area contributed by atoms with Gasteiger partial charge in [-0.3, -0.25) is 15.3 Å². The third-order valence-electron chi connectivity index (χ3n) is 5.75. The highest BCUT2D eigenvalue weighted by molar-refractivity contribution is 6.11. The van der Waals surface area contributed by atoms with Crippen molar-refractivity contribution in [1.29, 1.82) is 0 Å². The van der Waals surface area contributed by atoms with Crippen molar-refractivity contribution in [2.75, 3.05) is 13.2 Å². The number of ether oxygens (including phenoxy) is 1. The fraction of sp³-hybridized carbons (Fsp3) is 0.400. The van der Waals surface area contributed by atoms with Gasteiger partial charge in [0, 0.05) is 36.3 Å². The summed E-state index contributed by atoms with van der Waals surface area (Å²) in [5, 5.41) is 5.51. The zero-order valence-electron chi connectivity index (χ0n) is 23.3. The predicted octanol–water partition coefficient (Wildman–Crippen LogP) is 7.25. The number of aliphatic imine (C=N–C) groups is 2. The number of nitrogens with one attached hydrogen (secondary N) is 2. The second-order valence-corrected chi connectivity index (χ2v) is 9.08. The highest BCUT2D eigenvalue weighted by Gasteiger charge is 2.14. The van der Waals surface area contributed by atoms with Crippen LogP contribution in [-0.4, -0.2) is 36.2 Å². The zero-order valence-corrected chi connectivity index (χ0v) is 23.3. The Morgan fingerprint density at radius 1 is 1.24 bits per heavy atom. The normalized spacial score (nSPS) is 12.2. The third-order valence-corrected chi connectivity index (χ3v) is 5.75. The van der Waals surface area contributed by atoms with Gasteiger partial charge < -0.3 is 10.1 Å². The molecule has 1 heterocycles. The molecule has 0 aliphatic rings. The molecule has 1 aromatic heterocycles. The molecule has 2 amide bonds. The first-order chi connectivity index (χ1) is 17.7. The van der Waals surface area contributed by atoms with Crippen LogP contribution in [-0.2, 0) is 0 Å². The lowest BCUT2D eigenvalue weighted by Crippen LogP contribution is -2.38. The van der Waals surface area contributed by atoms with Crippen molar-refractivity contribution in [3.8, 4) is 17.0 Å². The van der Waals surface area contributed by atoms with E-state index in [9.17, 15) is 4.79 Å². The van der Waals surface area contributed by atoms with E-state index < -0.39 is 0 Å². The molecule has 7 heteroatoms. The Morgan fingerprint density at radius 2 is 2.00 bits per heavy atom. The van der Waals surface area contributed by atoms with Gasteiger partial charge in [-0.05, 0) is 74.9 Å². The van der Waals surface area contributed by atoms with Crippen LogP contribution in [0.5, 0.6) is 5.75 Å². The summed E-state index contributed by atoms with van der Waals surface area (Å²) in [5.74, 6) is 1.53. The number of unbranched alkanes of at least 4 members (excludes halogenated alkanes) is 1. The molecule has 0 aliphatic heterocycles. The van der Waals surface area contributed by atoms with Crippen molar-refractivity contribution in [3.05, 3.63) is 59.9 Å². The number of carbonyl (C=O) groups excluding carboxylic acids is 1. The topological polar surface area (TPSA) is 88.0 Å². The SMILES string of the molecule is C=C(N=C/C(=C\C)c1cc(N=C(C)NC(=O)NCC)c(C)c(-c2cc(OCCCC)ccn2)c1)C(C)C. The molecule has 7 nitrogen and oxygen atoms in total. The first-order valence-electron chi connectivity index (χ1n) is 12.9. The molecule has 0 radical (unpaired) electrons. The molecule has 0 aliphatic carbocycles. The zero-order chi connectivity index (χ0) is 27.4. The first kappa shape index (κ1) is 29.5. The number of hydrogen-bond donors (Lipinski definition) is 2. The second kappa shape index (κ2) is 14.7. The minimum atomic E-state index is -0.287. The monoisotopic (exact) mass is 503 g/mol. The van der Waals surface area contributed by atoms with Crippen molar-refractivity contribution < 1.29 is 9.53 Å². The van der Waals surface area contributed by atoms with Gasteiger partial charge in [-0.2, -0.15) is 0 Å². The van der Waals surface area contributed by atoms with E-state index in [1.807, 2.05) is 51.3 Å². The van der Waals surface area contributed by atoms with Crippen molar-refractivity contribution >= 4 is 29.3 Å². The van der Waals surface area contributed by atoms with Crippen LogP contribution in [0.1, 0.15) is 65.5 Å². The molecule has 0 fully saturated rings. The van der Waals surface area contributed by atoms with E-state index in [4.69, 9.17) is 9.73 Å². The molecular weight excluding hydrogens is 462 g/mol. The molecule has 2 aromatic rings. The predicted molar refractivity (Wildman–Crippen MR) is 156 cm³/mol. The number of rotatable bonds is 11. The molecule has 2 rings (SSSR count). The fourth-order valence-corrected chi connectivity index (χ4v) is 3.43. The van der Waals surface area contributed by atoms with Gasteiger partial charge >= 0.3 is 6.03 Å². The van der Waals surface area contributed by atoms with E-state index in [1.54, 1.807) is 13.1 Å². The Hall–Kier alpha value is -3.74. The minimum absolute atomic E-state index is 0.255. The molecule has 0 bridgehead atoms. The lowest BCUT2D eigenvalue weighted by atomic mass is 9.96. The molecule has 198 valence electrons. The van der Waals surface area contributed by atoms with E-state index >= 15 is 0 Å². The maximum absolute atomic E-state index is 12.0. The Labute approximate surface area is 221 Å². The van der Waals surface area contributed by atoms with Crippen LogP contribution in [0.15, 0.2) is 58.8 Å². The molecule has 0 saturated heterocycles. The maximum Gasteiger partial charge on any atom is 0.320 e. The summed E-state index contributed by atoms with van der Waals surface area (Å²) in [5.41, 5.74) is 6.08. The first-order valence-corrected chi connectivity index (χ1v) is 12.9. The molecule has 0 atom stereocenters. The average molecular weight is 504 g/mol. The number of pyridine rings is 1. The van der Waals surface area contributed by atoms with Crippen LogP contribution >= 0.6 is 0 Å². The second-order valence-electron chi connectivity index (χ2n) is 9.08. The van der Waals surface area contributed by atoms with Gasteiger partial charge in [-0.25, -0.2) is 9.79 Å². The van der Waals surface area contributed by atoms with Crippen molar-refractivity contribution in [1.82, 2.24) is 15.6 Å². The minimum Gasteiger partial charge on any atom is -0.493 e. The van der Waals surface area contributed by atoms with Crippen molar-refractivity contribution in [3.63, 3.8) is 0 Å². The standard InChI is InChI=1S/C30H41N5O2/c1-9-12-15-37-26-13-14-32-29(18-26)27-16-25(24(10-2)19-33-22(7)20(4)5)17-28(21(27)6)34-23(8)35-30(36)31-11-3/h10,13-14,16-20H,7,9,11-12,15H2,1-6,8H3,(H2,31,34,35,36)/b24-10+,33-19?. The van der Waals surface area contributed by atoms with E-state index in [0.717, 1.165) is 57.9 Å². The number of nitrogens with zero attached hydrogens (tertiary/aromatic N) is 3. The fourth-order valence-electron chi connectivity index (χ4n) is 3.43. The molecule has 1 aromatic carbocycles. The third kappa shape index (κ3) is 9.01. The number of allylic oxidation sites excluding steroid dienone is 3. The molecule has 2 N–H and O–H groups in total. The molecular formula is C30H41N5O2. The lowest BCUT2D eigenvalue weighted by Gasteiger charge is -2.15. The highest BCUT2D eigenvalue weighted by atomic mass is 16.5. The maximum atomic E-state index is 12.0. The van der Waals surface area contributed by atoms with E-state index in [2.05, 4.69) is 54.0 Å². The van der Waals surface area contributed by atoms with Gasteiger partial charge in [0.1, 0.15) is 11.6 Å². The lowest BCUT2D eigenvalue weighted by molar-refractivity contribution is 0.246. The number of benzene rings is 1. The molecule has 0 spiro atoms. The summed E-state index contributed by atoms with van der Waals surface area (Å²) in [6.07, 6.45) is 7.67. The molecule has 37 heavy (non-hydrogen) atoms. The Kier molecular flexibility index (Phi) is 11.7. The number of amidine groups is 1. The molecule has 0 unspecified atom stereocenters. The van der Waals surface area contributed by atoms with Gasteiger partial charge in [0.15, 0.2) is 0 Å². The summed E-state index contributed by atoms with van der Waals surface area (Å²) >= 11 is 0. The van der Waals surface area contributed by atoms with Crippen LogP contribution in [0.25, 0.3) is 16.8 Å². The highest BCUT2D eigenvalue weighted by Crippen LogP contribution is 2.34. The summed E-state index contributed by atoms with van der Waals surface area (Å²) in [4.78, 5) is 26.0.